The second-order valence-corrected chi connectivity index (χ2v) is 6.31. The molecule has 0 unspecified atom stereocenters. The first kappa shape index (κ1) is 16.2. The molecular weight excluding hydrogens is 246 g/mol. The van der Waals surface area contributed by atoms with E-state index in [4.69, 9.17) is 9.47 Å². The fourth-order valence-corrected chi connectivity index (χ4v) is 2.33. The molecule has 0 spiro atoms. The summed E-state index contributed by atoms with van der Waals surface area (Å²) in [5.41, 5.74) is -0.952. The molecule has 0 aromatic carbocycles. The van der Waals surface area contributed by atoms with Crippen LogP contribution in [0, 0.1) is 0 Å². The number of hydrogen-bond acceptors (Lipinski definition) is 4. The first-order valence-electron chi connectivity index (χ1n) is 6.99. The average Bonchev–Trinajstić information content (AvgIpc) is 2.29. The summed E-state index contributed by atoms with van der Waals surface area (Å²) in [4.78, 5) is 11.7. The number of nitrogens with one attached hydrogen (secondary N) is 1. The van der Waals surface area contributed by atoms with Gasteiger partial charge in [0, 0.05) is 0 Å². The van der Waals surface area contributed by atoms with Gasteiger partial charge in [0.2, 0.25) is 0 Å². The van der Waals surface area contributed by atoms with Crippen LogP contribution in [0.4, 0.5) is 4.79 Å². The van der Waals surface area contributed by atoms with Crippen molar-refractivity contribution in [1.29, 1.82) is 0 Å². The number of carbonyl (C=O) groups is 1. The Kier molecular flexibility index (Phi) is 5.21. The fraction of sp³-hybridized carbons (Fsp3) is 0.929. The smallest absolute Gasteiger partial charge is 0.407 e. The van der Waals surface area contributed by atoms with Gasteiger partial charge in [-0.15, -0.1) is 0 Å². The molecule has 112 valence electrons. The Labute approximate surface area is 115 Å². The van der Waals surface area contributed by atoms with E-state index in [1.807, 2.05) is 34.6 Å². The molecule has 0 saturated carbocycles. The van der Waals surface area contributed by atoms with E-state index < -0.39 is 17.3 Å². The van der Waals surface area contributed by atoms with Crippen molar-refractivity contribution in [3.63, 3.8) is 0 Å². The normalized spacial score (nSPS) is 31.9. The average molecular weight is 273 g/mol. The Hall–Kier alpha value is -0.810. The van der Waals surface area contributed by atoms with Gasteiger partial charge in [-0.2, -0.15) is 0 Å². The topological polar surface area (TPSA) is 67.8 Å². The van der Waals surface area contributed by atoms with Gasteiger partial charge in [0.05, 0.1) is 24.4 Å². The van der Waals surface area contributed by atoms with Crippen molar-refractivity contribution >= 4 is 6.09 Å². The number of hydrogen-bond donors (Lipinski definition) is 2. The zero-order valence-corrected chi connectivity index (χ0v) is 12.7. The monoisotopic (exact) mass is 273 g/mol. The molecule has 19 heavy (non-hydrogen) atoms. The Morgan fingerprint density at radius 1 is 1.53 bits per heavy atom. The van der Waals surface area contributed by atoms with E-state index in [1.165, 1.54) is 0 Å². The quantitative estimate of drug-likeness (QED) is 0.827. The maximum atomic E-state index is 11.7. The Balaban J connectivity index is 2.52. The van der Waals surface area contributed by atoms with Gasteiger partial charge in [0.15, 0.2) is 0 Å². The van der Waals surface area contributed by atoms with Crippen LogP contribution in [0.2, 0.25) is 0 Å². The van der Waals surface area contributed by atoms with Crippen molar-refractivity contribution in [2.75, 3.05) is 6.61 Å². The first-order chi connectivity index (χ1) is 8.71. The number of rotatable bonds is 3. The van der Waals surface area contributed by atoms with Crippen LogP contribution in [-0.4, -0.2) is 41.2 Å². The lowest BCUT2D eigenvalue weighted by Gasteiger charge is -2.42. The van der Waals surface area contributed by atoms with Crippen molar-refractivity contribution in [3.8, 4) is 0 Å². The highest BCUT2D eigenvalue weighted by Gasteiger charge is 2.39. The number of aliphatic hydroxyl groups is 1. The van der Waals surface area contributed by atoms with Gasteiger partial charge in [0.1, 0.15) is 5.60 Å². The summed E-state index contributed by atoms with van der Waals surface area (Å²) >= 11 is 0. The lowest BCUT2D eigenvalue weighted by atomic mass is 9.87. The van der Waals surface area contributed by atoms with Crippen LogP contribution in [0.5, 0.6) is 0 Å². The molecule has 1 fully saturated rings. The molecule has 1 heterocycles. The molecule has 0 radical (unpaired) electrons. The molecule has 0 bridgehead atoms. The van der Waals surface area contributed by atoms with E-state index >= 15 is 0 Å². The van der Waals surface area contributed by atoms with Crippen molar-refractivity contribution in [2.24, 2.45) is 0 Å². The summed E-state index contributed by atoms with van der Waals surface area (Å²) in [6, 6.07) is -0.0684. The molecule has 1 saturated heterocycles. The molecule has 0 aromatic rings. The number of ether oxygens (including phenoxy) is 2. The van der Waals surface area contributed by atoms with Crippen molar-refractivity contribution in [2.45, 2.75) is 77.2 Å². The van der Waals surface area contributed by atoms with Crippen LogP contribution in [0.1, 0.15) is 53.9 Å². The third kappa shape index (κ3) is 4.66. The van der Waals surface area contributed by atoms with Crippen LogP contribution in [-0.2, 0) is 9.47 Å². The molecule has 1 amide bonds. The third-order valence-electron chi connectivity index (χ3n) is 3.55. The minimum Gasteiger partial charge on any atom is -0.444 e. The van der Waals surface area contributed by atoms with Gasteiger partial charge in [-0.25, -0.2) is 4.79 Å². The van der Waals surface area contributed by atoms with Crippen molar-refractivity contribution in [3.05, 3.63) is 0 Å². The van der Waals surface area contributed by atoms with E-state index in [2.05, 4.69) is 5.32 Å². The SMILES string of the molecule is CC[C@@]1(CO)CC[C@H](NC(=O)OC(C)(C)C)[C@H](C)O1. The molecular formula is C14H27NO4. The van der Waals surface area contributed by atoms with E-state index in [-0.39, 0.29) is 18.8 Å². The van der Waals surface area contributed by atoms with Gasteiger partial charge >= 0.3 is 6.09 Å². The summed E-state index contributed by atoms with van der Waals surface area (Å²) in [6.45, 7) is 9.45. The van der Waals surface area contributed by atoms with E-state index in [9.17, 15) is 9.90 Å². The maximum absolute atomic E-state index is 11.7. The predicted octanol–water partition coefficient (Wildman–Crippen LogP) is 2.22. The summed E-state index contributed by atoms with van der Waals surface area (Å²) < 4.78 is 11.1. The maximum Gasteiger partial charge on any atom is 0.407 e. The molecule has 1 rings (SSSR count). The van der Waals surface area contributed by atoms with Crippen LogP contribution < -0.4 is 5.32 Å². The highest BCUT2D eigenvalue weighted by molar-refractivity contribution is 5.68. The molecule has 1 aliphatic rings. The minimum absolute atomic E-state index is 0.0208. The molecule has 1 aliphatic heterocycles. The Morgan fingerprint density at radius 2 is 2.16 bits per heavy atom. The molecule has 2 N–H and O–H groups in total. The molecule has 5 heteroatoms. The number of amides is 1. The van der Waals surface area contributed by atoms with Gasteiger partial charge in [0.25, 0.3) is 0 Å². The van der Waals surface area contributed by atoms with Crippen molar-refractivity contribution < 1.29 is 19.4 Å². The second kappa shape index (κ2) is 6.09. The van der Waals surface area contributed by atoms with E-state index in [0.717, 1.165) is 19.3 Å². The predicted molar refractivity (Wildman–Crippen MR) is 73.0 cm³/mol. The van der Waals surface area contributed by atoms with Gasteiger partial charge < -0.3 is 19.9 Å². The Bertz CT molecular complexity index is 307. The zero-order valence-electron chi connectivity index (χ0n) is 12.7. The second-order valence-electron chi connectivity index (χ2n) is 6.31. The van der Waals surface area contributed by atoms with E-state index in [0.29, 0.717) is 0 Å². The highest BCUT2D eigenvalue weighted by atomic mass is 16.6. The van der Waals surface area contributed by atoms with Gasteiger partial charge in [-0.3, -0.25) is 0 Å². The summed E-state index contributed by atoms with van der Waals surface area (Å²) in [5, 5.41) is 12.3. The lowest BCUT2D eigenvalue weighted by molar-refractivity contribution is -0.156. The number of carbonyl (C=O) groups excluding carboxylic acids is 1. The number of alkyl carbamates (subject to hydrolysis) is 1. The number of aliphatic hydroxyl groups excluding tert-OH is 1. The summed E-state index contributed by atoms with van der Waals surface area (Å²) in [7, 11) is 0. The Morgan fingerprint density at radius 3 is 2.58 bits per heavy atom. The highest BCUT2D eigenvalue weighted by Crippen LogP contribution is 2.31. The largest absolute Gasteiger partial charge is 0.444 e. The molecule has 0 aliphatic carbocycles. The summed E-state index contributed by atoms with van der Waals surface area (Å²) in [5.74, 6) is 0. The minimum atomic E-state index is -0.499. The van der Waals surface area contributed by atoms with Gasteiger partial charge in [-0.05, 0) is 47.0 Å². The van der Waals surface area contributed by atoms with Crippen LogP contribution in [0.3, 0.4) is 0 Å². The third-order valence-corrected chi connectivity index (χ3v) is 3.55. The standard InChI is InChI=1S/C14H27NO4/c1-6-14(9-16)8-7-11(10(2)18-14)15-12(17)19-13(3,4)5/h10-11,16H,6-9H2,1-5H3,(H,15,17)/t10-,11-,14-/m0/s1. The zero-order chi connectivity index (χ0) is 14.7. The van der Waals surface area contributed by atoms with Crippen molar-refractivity contribution in [1.82, 2.24) is 5.32 Å². The lowest BCUT2D eigenvalue weighted by Crippen LogP contribution is -2.54. The summed E-state index contributed by atoms with van der Waals surface area (Å²) in [6.07, 6.45) is 1.75. The fourth-order valence-electron chi connectivity index (χ4n) is 2.33. The molecule has 3 atom stereocenters. The van der Waals surface area contributed by atoms with E-state index in [1.54, 1.807) is 0 Å². The van der Waals surface area contributed by atoms with Crippen LogP contribution >= 0.6 is 0 Å². The van der Waals surface area contributed by atoms with Crippen LogP contribution in [0.15, 0.2) is 0 Å². The first-order valence-corrected chi connectivity index (χ1v) is 6.99. The van der Waals surface area contributed by atoms with Gasteiger partial charge in [-0.1, -0.05) is 6.92 Å². The van der Waals surface area contributed by atoms with Crippen LogP contribution in [0.25, 0.3) is 0 Å². The molecule has 5 nitrogen and oxygen atoms in total. The molecule has 0 aromatic heterocycles.